The Hall–Kier alpha value is -3.99. The number of hydrogen-bond donors (Lipinski definition) is 4. The molecule has 4 aromatic carbocycles. The number of aromatic hydroxyl groups is 2. The lowest BCUT2D eigenvalue weighted by atomic mass is 10.0. The van der Waals surface area contributed by atoms with Gasteiger partial charge in [-0.25, -0.2) is 9.59 Å². The summed E-state index contributed by atoms with van der Waals surface area (Å²) in [6.45, 7) is 0. The summed E-state index contributed by atoms with van der Waals surface area (Å²) in [6.07, 6.45) is 0.0478. The van der Waals surface area contributed by atoms with Crippen molar-refractivity contribution in [2.45, 2.75) is 6.42 Å². The number of nitrogens with two attached hydrogens (primary N) is 1. The fourth-order valence-electron chi connectivity index (χ4n) is 3.25. The van der Waals surface area contributed by atoms with Gasteiger partial charge in [-0.2, -0.15) is 0 Å². The first-order valence-electron chi connectivity index (χ1n) is 12.0. The maximum atomic E-state index is 12.1. The van der Waals surface area contributed by atoms with Crippen LogP contribution in [0.2, 0.25) is 20.1 Å². The lowest BCUT2D eigenvalue weighted by molar-refractivity contribution is 0.0599. The standard InChI is InChI=1S/C15H10Cl2O4.C9H7ClO3.C6H5Cl2NO/c16-11-5-8(6-12(17)14(11)19)7-13(18)9-1-3-10(4-2-9)15(20)21;1-13-9(12)7-4-2-6(3-5-7)8(10)11;7-4-1-3(9)2-5(8)6(4)10/h1-6,19H,7H2,(H,20,21);2-5H,1H3;1-2,10H,9H2. The molecule has 44 heavy (non-hydrogen) atoms. The summed E-state index contributed by atoms with van der Waals surface area (Å²) in [5, 5.41) is 27.2. The average molecular weight is 702 g/mol. The molecule has 0 bridgehead atoms. The fraction of sp³-hybridized carbons (Fsp3) is 0.0667. The van der Waals surface area contributed by atoms with Crippen LogP contribution in [0.15, 0.2) is 72.8 Å². The molecule has 0 aromatic heterocycles. The largest absolute Gasteiger partial charge is 0.505 e. The fourth-order valence-corrected chi connectivity index (χ4v) is 4.41. The Labute approximate surface area is 276 Å². The van der Waals surface area contributed by atoms with Gasteiger partial charge < -0.3 is 25.8 Å². The molecular formula is C30H22Cl5NO8. The molecule has 0 unspecified atom stereocenters. The van der Waals surface area contributed by atoms with Gasteiger partial charge in [0, 0.05) is 23.2 Å². The molecule has 0 aliphatic heterocycles. The number of anilines is 1. The number of halogens is 5. The number of ether oxygens (including phenoxy) is 1. The van der Waals surface area contributed by atoms with E-state index in [-0.39, 0.29) is 49.4 Å². The van der Waals surface area contributed by atoms with Gasteiger partial charge in [0.1, 0.15) is 0 Å². The van der Waals surface area contributed by atoms with Gasteiger partial charge in [-0.3, -0.25) is 9.59 Å². The molecule has 230 valence electrons. The third kappa shape index (κ3) is 10.6. The minimum atomic E-state index is -1.05. The molecule has 9 nitrogen and oxygen atoms in total. The van der Waals surface area contributed by atoms with E-state index in [1.807, 2.05) is 0 Å². The Balaban J connectivity index is 0.000000250. The molecule has 0 fully saturated rings. The van der Waals surface area contributed by atoms with Crippen molar-refractivity contribution >= 4 is 86.7 Å². The maximum absolute atomic E-state index is 12.1. The number of Topliss-reactive ketones (excluding diaryl/α,β-unsaturated/α-hetero) is 1. The average Bonchev–Trinajstić information content (AvgIpc) is 2.98. The lowest BCUT2D eigenvalue weighted by Gasteiger charge is -2.06. The van der Waals surface area contributed by atoms with Crippen LogP contribution in [0.1, 0.15) is 47.0 Å². The first-order chi connectivity index (χ1) is 20.6. The van der Waals surface area contributed by atoms with Crippen molar-refractivity contribution in [1.29, 1.82) is 0 Å². The highest BCUT2D eigenvalue weighted by Gasteiger charge is 2.12. The number of rotatable bonds is 6. The van der Waals surface area contributed by atoms with Crippen LogP contribution in [-0.4, -0.2) is 45.4 Å². The summed E-state index contributed by atoms with van der Waals surface area (Å²) in [7, 11) is 1.29. The van der Waals surface area contributed by atoms with E-state index < -0.39 is 17.2 Å². The number of methoxy groups -OCH3 is 1. The highest BCUT2D eigenvalue weighted by atomic mass is 35.5. The second kappa shape index (κ2) is 16.7. The maximum Gasteiger partial charge on any atom is 0.337 e. The molecule has 4 aromatic rings. The minimum Gasteiger partial charge on any atom is -0.505 e. The van der Waals surface area contributed by atoms with Gasteiger partial charge in [0.25, 0.3) is 5.24 Å². The SMILES string of the molecule is COC(=O)c1ccc(C(=O)Cl)cc1.Nc1cc(Cl)c(O)c(Cl)c1.O=C(O)c1ccc(C(=O)Cc2cc(Cl)c(O)c(Cl)c2)cc1. The Morgan fingerprint density at radius 3 is 1.48 bits per heavy atom. The zero-order chi connectivity index (χ0) is 33.1. The van der Waals surface area contributed by atoms with Crippen molar-refractivity contribution in [3.05, 3.63) is 121 Å². The monoisotopic (exact) mass is 699 g/mol. The summed E-state index contributed by atoms with van der Waals surface area (Å²) >= 11 is 27.8. The molecule has 0 amide bonds. The summed E-state index contributed by atoms with van der Waals surface area (Å²) in [6, 6.07) is 17.4. The van der Waals surface area contributed by atoms with Gasteiger partial charge in [-0.05, 0) is 77.8 Å². The molecule has 0 saturated heterocycles. The molecule has 0 atom stereocenters. The molecule has 5 N–H and O–H groups in total. The van der Waals surface area contributed by atoms with Gasteiger partial charge >= 0.3 is 11.9 Å². The van der Waals surface area contributed by atoms with Crippen LogP contribution < -0.4 is 5.73 Å². The van der Waals surface area contributed by atoms with Crippen LogP contribution in [0.3, 0.4) is 0 Å². The number of carboxylic acid groups (broad SMARTS) is 1. The molecule has 14 heteroatoms. The van der Waals surface area contributed by atoms with Crippen molar-refractivity contribution in [3.8, 4) is 11.5 Å². The summed E-state index contributed by atoms with van der Waals surface area (Å²) in [5.74, 6) is -2.04. The molecule has 4 rings (SSSR count). The van der Waals surface area contributed by atoms with Crippen LogP contribution in [0.5, 0.6) is 11.5 Å². The summed E-state index contributed by atoms with van der Waals surface area (Å²) in [4.78, 5) is 44.4. The number of hydrogen-bond acceptors (Lipinski definition) is 8. The number of esters is 1. The van der Waals surface area contributed by atoms with E-state index in [1.54, 1.807) is 0 Å². The smallest absolute Gasteiger partial charge is 0.337 e. The van der Waals surface area contributed by atoms with Crippen LogP contribution >= 0.6 is 58.0 Å². The normalized spacial score (nSPS) is 9.95. The van der Waals surface area contributed by atoms with E-state index in [0.717, 1.165) is 0 Å². The quantitative estimate of drug-likeness (QED) is 0.0513. The first-order valence-corrected chi connectivity index (χ1v) is 13.9. The van der Waals surface area contributed by atoms with E-state index in [0.29, 0.717) is 27.9 Å². The number of carbonyl (C=O) groups is 4. The van der Waals surface area contributed by atoms with Crippen molar-refractivity contribution in [1.82, 2.24) is 0 Å². The molecule has 0 saturated carbocycles. The summed E-state index contributed by atoms with van der Waals surface area (Å²) < 4.78 is 4.48. The Kier molecular flexibility index (Phi) is 13.8. The number of benzene rings is 4. The molecule has 0 heterocycles. The molecule has 0 aliphatic carbocycles. The second-order valence-corrected chi connectivity index (χ2v) is 10.5. The number of carbonyl (C=O) groups excluding carboxylic acids is 3. The van der Waals surface area contributed by atoms with E-state index in [9.17, 15) is 24.3 Å². The van der Waals surface area contributed by atoms with Crippen LogP contribution in [-0.2, 0) is 11.2 Å². The first kappa shape index (κ1) is 36.2. The number of ketones is 1. The number of nitrogen functional groups attached to an aromatic ring is 1. The van der Waals surface area contributed by atoms with Crippen LogP contribution in [0.25, 0.3) is 0 Å². The summed E-state index contributed by atoms with van der Waals surface area (Å²) in [5.41, 5.74) is 7.60. The van der Waals surface area contributed by atoms with Gasteiger partial charge in [0.2, 0.25) is 0 Å². The van der Waals surface area contributed by atoms with Gasteiger partial charge in [0.05, 0.1) is 38.3 Å². The van der Waals surface area contributed by atoms with Gasteiger partial charge in [0.15, 0.2) is 17.3 Å². The molecule has 0 spiro atoms. The lowest BCUT2D eigenvalue weighted by Crippen LogP contribution is -2.05. The van der Waals surface area contributed by atoms with Gasteiger partial charge in [-0.1, -0.05) is 58.5 Å². The predicted molar refractivity (Wildman–Crippen MR) is 170 cm³/mol. The topological polar surface area (TPSA) is 164 Å². The Morgan fingerprint density at radius 2 is 1.07 bits per heavy atom. The molecule has 0 radical (unpaired) electrons. The Morgan fingerprint density at radius 1 is 0.682 bits per heavy atom. The number of phenols is 2. The highest BCUT2D eigenvalue weighted by Crippen LogP contribution is 2.34. The molecular weight excluding hydrogens is 680 g/mol. The van der Waals surface area contributed by atoms with Crippen LogP contribution in [0.4, 0.5) is 5.69 Å². The van der Waals surface area contributed by atoms with Crippen molar-refractivity contribution in [2.75, 3.05) is 12.8 Å². The van der Waals surface area contributed by atoms with E-state index in [4.69, 9.17) is 74.0 Å². The van der Waals surface area contributed by atoms with E-state index in [1.165, 1.54) is 79.9 Å². The minimum absolute atomic E-state index is 0.0478. The van der Waals surface area contributed by atoms with Crippen LogP contribution in [0, 0.1) is 0 Å². The van der Waals surface area contributed by atoms with E-state index in [2.05, 4.69) is 4.74 Å². The predicted octanol–water partition coefficient (Wildman–Crippen LogP) is 7.96. The van der Waals surface area contributed by atoms with Gasteiger partial charge in [-0.15, -0.1) is 0 Å². The number of aromatic carboxylic acids is 1. The number of carboxylic acids is 1. The third-order valence-electron chi connectivity index (χ3n) is 5.47. The van der Waals surface area contributed by atoms with Crippen molar-refractivity contribution in [3.63, 3.8) is 0 Å². The Bertz CT molecular complexity index is 1630. The zero-order valence-corrected chi connectivity index (χ0v) is 26.3. The highest BCUT2D eigenvalue weighted by molar-refractivity contribution is 6.67. The molecule has 0 aliphatic rings. The van der Waals surface area contributed by atoms with E-state index >= 15 is 0 Å². The number of phenolic OH excluding ortho intramolecular Hbond substituents is 2. The third-order valence-corrected chi connectivity index (χ3v) is 6.84. The van der Waals surface area contributed by atoms with Crippen molar-refractivity contribution < 1.29 is 39.2 Å². The second-order valence-electron chi connectivity index (χ2n) is 8.57. The van der Waals surface area contributed by atoms with Crippen molar-refractivity contribution in [2.24, 2.45) is 0 Å². The zero-order valence-electron chi connectivity index (χ0n) is 22.5.